The number of piperidine rings is 1. The highest BCUT2D eigenvalue weighted by molar-refractivity contribution is 7.40. The van der Waals surface area contributed by atoms with E-state index in [2.05, 4.69) is 5.32 Å². The van der Waals surface area contributed by atoms with Gasteiger partial charge in [0.1, 0.15) is 0 Å². The van der Waals surface area contributed by atoms with Crippen molar-refractivity contribution in [1.29, 1.82) is 0 Å². The molecule has 0 radical (unpaired) electrons. The number of hydrogen-bond acceptors (Lipinski definition) is 9. The summed E-state index contributed by atoms with van der Waals surface area (Å²) >= 11 is 0. The van der Waals surface area contributed by atoms with Crippen LogP contribution in [0.25, 0.3) is 0 Å². The lowest BCUT2D eigenvalue weighted by molar-refractivity contribution is -0.434. The normalized spacial score (nSPS) is 16.4. The van der Waals surface area contributed by atoms with Gasteiger partial charge in [-0.25, -0.2) is 0 Å². The van der Waals surface area contributed by atoms with E-state index in [0.717, 1.165) is 0 Å². The van der Waals surface area contributed by atoms with Crippen molar-refractivity contribution in [3.05, 3.63) is 0 Å². The molecule has 1 aliphatic rings. The molecule has 11 heteroatoms. The van der Waals surface area contributed by atoms with Crippen LogP contribution in [-0.2, 0) is 9.13 Å². The predicted molar refractivity (Wildman–Crippen MR) is 41.9 cm³/mol. The van der Waals surface area contributed by atoms with Gasteiger partial charge < -0.3 is 43.8 Å². The predicted octanol–water partition coefficient (Wildman–Crippen LogP) is -4.89. The van der Waals surface area contributed by atoms with Crippen molar-refractivity contribution >= 4 is 15.6 Å². The molecule has 1 N–H and O–H groups in total. The van der Waals surface area contributed by atoms with Crippen molar-refractivity contribution in [2.45, 2.75) is 19.3 Å². The van der Waals surface area contributed by atoms with Crippen LogP contribution in [0.4, 0.5) is 0 Å². The molecule has 1 rings (SSSR count). The van der Waals surface area contributed by atoms with Gasteiger partial charge in [0.15, 0.2) is 0 Å². The van der Waals surface area contributed by atoms with Gasteiger partial charge in [-0.15, -0.1) is 0 Å². The summed E-state index contributed by atoms with van der Waals surface area (Å²) in [6, 6.07) is 0. The number of hydrogen-bond donors (Lipinski definition) is 1. The first-order valence-electron chi connectivity index (χ1n) is 4.17. The van der Waals surface area contributed by atoms with Gasteiger partial charge in [0.25, 0.3) is 0 Å². The Morgan fingerprint density at radius 1 is 0.688 bits per heavy atom. The zero-order chi connectivity index (χ0) is 13.2. The largest absolute Gasteiger partial charge is 0.822 e. The molecular formula is C5H11NO8P2-6. The van der Waals surface area contributed by atoms with Crippen LogP contribution in [-0.4, -0.2) is 13.1 Å². The van der Waals surface area contributed by atoms with Crippen molar-refractivity contribution in [3.63, 3.8) is 0 Å². The topological polar surface area (TPSA) is 185 Å². The third kappa shape index (κ3) is 64.5. The Morgan fingerprint density at radius 2 is 0.938 bits per heavy atom. The first-order valence-corrected chi connectivity index (χ1v) is 7.09. The van der Waals surface area contributed by atoms with E-state index < -0.39 is 15.6 Å². The first-order chi connectivity index (χ1) is 7.00. The summed E-state index contributed by atoms with van der Waals surface area (Å²) in [5.74, 6) is 0. The molecular weight excluding hydrogens is 264 g/mol. The molecule has 1 aliphatic heterocycles. The molecule has 0 bridgehead atoms. The Hall–Kier alpha value is 0.180. The molecule has 0 unspecified atom stereocenters. The summed E-state index contributed by atoms with van der Waals surface area (Å²) in [6.45, 7) is 2.50. The first kappa shape index (κ1) is 18.5. The van der Waals surface area contributed by atoms with Crippen LogP contribution in [0.15, 0.2) is 0 Å². The lowest BCUT2D eigenvalue weighted by atomic mass is 10.2. The number of phosphoric acid groups is 2. The van der Waals surface area contributed by atoms with Gasteiger partial charge in [-0.1, -0.05) is 6.42 Å². The summed E-state index contributed by atoms with van der Waals surface area (Å²) in [4.78, 5) is 51.3. The lowest BCUT2D eigenvalue weighted by Crippen LogP contribution is -2.24. The highest BCUT2D eigenvalue weighted by Crippen LogP contribution is 2.03. The van der Waals surface area contributed by atoms with Crippen molar-refractivity contribution < 1.29 is 38.5 Å². The smallest absolute Gasteiger partial charge is 0.00489 e. The molecule has 16 heavy (non-hydrogen) atoms. The van der Waals surface area contributed by atoms with Gasteiger partial charge in [0.2, 0.25) is 0 Å². The Morgan fingerprint density at radius 3 is 1.00 bits per heavy atom. The monoisotopic (exact) mass is 275 g/mol. The van der Waals surface area contributed by atoms with E-state index in [1.54, 1.807) is 0 Å². The number of rotatable bonds is 0. The molecule has 0 spiro atoms. The maximum Gasteiger partial charge on any atom is -0.00489 e. The van der Waals surface area contributed by atoms with Crippen molar-refractivity contribution in [2.24, 2.45) is 0 Å². The zero-order valence-electron chi connectivity index (χ0n) is 8.20. The summed E-state index contributed by atoms with van der Waals surface area (Å²) in [7, 11) is -10.8. The second kappa shape index (κ2) is 9.23. The summed E-state index contributed by atoms with van der Waals surface area (Å²) in [5, 5.41) is 3.28. The van der Waals surface area contributed by atoms with Gasteiger partial charge in [-0.2, -0.15) is 15.6 Å². The van der Waals surface area contributed by atoms with Crippen LogP contribution in [0.2, 0.25) is 0 Å². The van der Waals surface area contributed by atoms with Crippen LogP contribution in [0.3, 0.4) is 0 Å². The standard InChI is InChI=1S/C5H11N.2H3O4P/c1-2-4-6-5-3-1;2*1-5(2,3)4/h6H,1-5H2;2*(H3,1,2,3,4)/p-6. The minimum absolute atomic E-state index is 1.25. The van der Waals surface area contributed by atoms with E-state index in [9.17, 15) is 0 Å². The van der Waals surface area contributed by atoms with Gasteiger partial charge in [-0.3, -0.25) is 0 Å². The van der Waals surface area contributed by atoms with Crippen LogP contribution in [0.5, 0.6) is 0 Å². The molecule has 0 aliphatic carbocycles. The minimum Gasteiger partial charge on any atom is -0.822 e. The van der Waals surface area contributed by atoms with E-state index >= 15 is 0 Å². The van der Waals surface area contributed by atoms with E-state index in [4.69, 9.17) is 38.5 Å². The van der Waals surface area contributed by atoms with Crippen molar-refractivity contribution in [1.82, 2.24) is 5.32 Å². The molecule has 0 aromatic heterocycles. The Bertz CT molecular complexity index is 195. The van der Waals surface area contributed by atoms with E-state index in [1.807, 2.05) is 0 Å². The Kier molecular flexibility index (Phi) is 10.7. The Balaban J connectivity index is 0. The van der Waals surface area contributed by atoms with E-state index in [1.165, 1.54) is 32.4 Å². The average molecular weight is 275 g/mol. The van der Waals surface area contributed by atoms with Crippen molar-refractivity contribution in [2.75, 3.05) is 13.1 Å². The molecule has 1 fully saturated rings. The van der Waals surface area contributed by atoms with Crippen LogP contribution in [0.1, 0.15) is 19.3 Å². The maximum absolute atomic E-state index is 8.55. The van der Waals surface area contributed by atoms with E-state index in [0.29, 0.717) is 0 Å². The third-order valence-corrected chi connectivity index (χ3v) is 1.21. The molecule has 0 saturated carbocycles. The molecule has 0 amide bonds. The molecule has 9 nitrogen and oxygen atoms in total. The van der Waals surface area contributed by atoms with Gasteiger partial charge in [0.05, 0.1) is 0 Å². The third-order valence-electron chi connectivity index (χ3n) is 1.21. The fourth-order valence-corrected chi connectivity index (χ4v) is 0.802. The summed E-state index contributed by atoms with van der Waals surface area (Å²) < 4.78 is 17.1. The second-order valence-corrected chi connectivity index (χ2v) is 4.49. The summed E-state index contributed by atoms with van der Waals surface area (Å²) in [5.41, 5.74) is 0. The van der Waals surface area contributed by atoms with Crippen LogP contribution >= 0.6 is 15.6 Å². The second-order valence-electron chi connectivity index (χ2n) is 2.71. The molecule has 0 aromatic carbocycles. The molecule has 1 saturated heterocycles. The molecule has 100 valence electrons. The molecule has 0 atom stereocenters. The van der Waals surface area contributed by atoms with Gasteiger partial charge >= 0.3 is 0 Å². The van der Waals surface area contributed by atoms with Crippen molar-refractivity contribution in [3.8, 4) is 0 Å². The van der Waals surface area contributed by atoms with Crippen LogP contribution in [0, 0.1) is 0 Å². The van der Waals surface area contributed by atoms with Gasteiger partial charge in [-0.05, 0) is 25.9 Å². The Labute approximate surface area is 92.6 Å². The number of nitrogens with one attached hydrogen (secondary N) is 1. The maximum atomic E-state index is 8.55. The SMILES string of the molecule is C1CCNCC1.O=P([O-])([O-])[O-].O=P([O-])([O-])[O-]. The van der Waals surface area contributed by atoms with E-state index in [-0.39, 0.29) is 0 Å². The lowest BCUT2D eigenvalue weighted by Gasteiger charge is -2.36. The highest BCUT2D eigenvalue weighted by atomic mass is 31.2. The highest BCUT2D eigenvalue weighted by Gasteiger charge is 1.93. The summed E-state index contributed by atoms with van der Waals surface area (Å²) in [6.07, 6.45) is 4.22. The molecule has 1 heterocycles. The average Bonchev–Trinajstić information content (AvgIpc) is 2.01. The van der Waals surface area contributed by atoms with Crippen LogP contribution < -0.4 is 34.7 Å². The minimum atomic E-state index is -5.39. The fourth-order valence-electron chi connectivity index (χ4n) is 0.802. The fraction of sp³-hybridized carbons (Fsp3) is 1.00. The molecule has 0 aromatic rings. The quantitative estimate of drug-likeness (QED) is 0.423. The zero-order valence-corrected chi connectivity index (χ0v) is 9.98. The van der Waals surface area contributed by atoms with Gasteiger partial charge in [0, 0.05) is 0 Å².